The Labute approximate surface area is 152 Å². The molecule has 138 valence electrons. The first kappa shape index (κ1) is 18.4. The Morgan fingerprint density at radius 3 is 2.69 bits per heavy atom. The minimum Gasteiger partial charge on any atom is -0.312 e. The number of piperidine rings is 1. The molecule has 1 fully saturated rings. The predicted molar refractivity (Wildman–Crippen MR) is 100 cm³/mol. The predicted octanol–water partition coefficient (Wildman–Crippen LogP) is 3.59. The van der Waals surface area contributed by atoms with Crippen molar-refractivity contribution in [2.75, 3.05) is 16.2 Å². The van der Waals surface area contributed by atoms with E-state index in [2.05, 4.69) is 4.72 Å². The fourth-order valence-corrected chi connectivity index (χ4v) is 4.26. The second-order valence-corrected chi connectivity index (χ2v) is 8.22. The molecule has 1 heterocycles. The Balaban J connectivity index is 1.81. The Bertz CT molecular complexity index is 928. The molecular formula is C19H21FN2O3S. The number of halogens is 1. The Kier molecular flexibility index (Phi) is 5.27. The van der Waals surface area contributed by atoms with Gasteiger partial charge in [-0.1, -0.05) is 18.2 Å². The lowest BCUT2D eigenvalue weighted by Crippen LogP contribution is -2.35. The van der Waals surface area contributed by atoms with E-state index < -0.39 is 15.8 Å². The smallest absolute Gasteiger partial charge is 0.236 e. The Hall–Kier alpha value is -2.41. The highest BCUT2D eigenvalue weighted by molar-refractivity contribution is 7.91. The summed E-state index contributed by atoms with van der Waals surface area (Å²) < 4.78 is 40.6. The number of aryl methyl sites for hydroxylation is 1. The maximum Gasteiger partial charge on any atom is 0.236 e. The molecule has 1 N–H and O–H groups in total. The lowest BCUT2D eigenvalue weighted by Gasteiger charge is -2.28. The third-order valence-corrected chi connectivity index (χ3v) is 5.60. The summed E-state index contributed by atoms with van der Waals surface area (Å²) in [5.74, 6) is -0.741. The van der Waals surface area contributed by atoms with Gasteiger partial charge < -0.3 is 4.90 Å². The fraction of sp³-hybridized carbons (Fsp3) is 0.316. The van der Waals surface area contributed by atoms with Crippen molar-refractivity contribution < 1.29 is 17.6 Å². The van der Waals surface area contributed by atoms with Crippen molar-refractivity contribution in [3.8, 4) is 0 Å². The third kappa shape index (κ3) is 4.40. The van der Waals surface area contributed by atoms with Crippen molar-refractivity contribution in [2.45, 2.75) is 31.9 Å². The fourth-order valence-electron chi connectivity index (χ4n) is 3.09. The van der Waals surface area contributed by atoms with Gasteiger partial charge in [-0.05, 0) is 55.2 Å². The van der Waals surface area contributed by atoms with Crippen molar-refractivity contribution in [3.05, 3.63) is 59.4 Å². The molecule has 2 aromatic carbocycles. The molecule has 0 atom stereocenters. The summed E-state index contributed by atoms with van der Waals surface area (Å²) in [4.78, 5) is 13.9. The maximum atomic E-state index is 13.3. The van der Waals surface area contributed by atoms with Crippen LogP contribution >= 0.6 is 0 Å². The molecule has 0 aliphatic carbocycles. The lowest BCUT2D eigenvalue weighted by molar-refractivity contribution is -0.119. The van der Waals surface area contributed by atoms with Crippen LogP contribution in [0, 0.1) is 12.7 Å². The highest BCUT2D eigenvalue weighted by atomic mass is 32.2. The molecule has 1 aliphatic rings. The molecule has 0 saturated carbocycles. The van der Waals surface area contributed by atoms with E-state index in [-0.39, 0.29) is 11.7 Å². The van der Waals surface area contributed by atoms with Crippen molar-refractivity contribution >= 4 is 27.3 Å². The number of amides is 1. The van der Waals surface area contributed by atoms with Crippen LogP contribution in [0.3, 0.4) is 0 Å². The number of nitrogens with zero attached hydrogens (tertiary/aromatic N) is 1. The Morgan fingerprint density at radius 2 is 1.96 bits per heavy atom. The molecule has 0 spiro atoms. The molecule has 0 unspecified atom stereocenters. The quantitative estimate of drug-likeness (QED) is 0.867. The van der Waals surface area contributed by atoms with Crippen molar-refractivity contribution in [1.82, 2.24) is 0 Å². The zero-order chi connectivity index (χ0) is 18.7. The SMILES string of the molecule is Cc1ccc(NS(=O)(=O)Cc2cccc(F)c2)cc1N1CCCCC1=O. The molecule has 3 rings (SSSR count). The van der Waals surface area contributed by atoms with E-state index in [1.165, 1.54) is 18.2 Å². The molecule has 0 bridgehead atoms. The summed E-state index contributed by atoms with van der Waals surface area (Å²) >= 11 is 0. The van der Waals surface area contributed by atoms with Crippen LogP contribution in [-0.4, -0.2) is 20.9 Å². The molecule has 5 nitrogen and oxygen atoms in total. The zero-order valence-corrected chi connectivity index (χ0v) is 15.4. The number of benzene rings is 2. The second kappa shape index (κ2) is 7.45. The monoisotopic (exact) mass is 376 g/mol. The normalized spacial score (nSPS) is 15.2. The molecule has 1 amide bonds. The minimum absolute atomic E-state index is 0.0547. The number of carbonyl (C=O) groups excluding carboxylic acids is 1. The van der Waals surface area contributed by atoms with Crippen LogP contribution in [0.1, 0.15) is 30.4 Å². The number of anilines is 2. The van der Waals surface area contributed by atoms with Gasteiger partial charge >= 0.3 is 0 Å². The van der Waals surface area contributed by atoms with Crippen LogP contribution in [0.15, 0.2) is 42.5 Å². The van der Waals surface area contributed by atoms with Gasteiger partial charge in [-0.25, -0.2) is 12.8 Å². The maximum absolute atomic E-state index is 13.3. The minimum atomic E-state index is -3.70. The lowest BCUT2D eigenvalue weighted by atomic mass is 10.1. The van der Waals surface area contributed by atoms with Crippen LogP contribution in [0.5, 0.6) is 0 Å². The van der Waals surface area contributed by atoms with Gasteiger partial charge in [-0.3, -0.25) is 9.52 Å². The van der Waals surface area contributed by atoms with Gasteiger partial charge in [0.1, 0.15) is 5.82 Å². The molecule has 0 radical (unpaired) electrons. The van der Waals surface area contributed by atoms with Crippen LogP contribution in [-0.2, 0) is 20.6 Å². The van der Waals surface area contributed by atoms with E-state index >= 15 is 0 Å². The number of sulfonamides is 1. The number of carbonyl (C=O) groups is 1. The molecular weight excluding hydrogens is 355 g/mol. The number of nitrogens with one attached hydrogen (secondary N) is 1. The topological polar surface area (TPSA) is 66.5 Å². The van der Waals surface area contributed by atoms with Crippen LogP contribution in [0.2, 0.25) is 0 Å². The van der Waals surface area contributed by atoms with Crippen LogP contribution in [0.4, 0.5) is 15.8 Å². The van der Waals surface area contributed by atoms with Crippen LogP contribution < -0.4 is 9.62 Å². The number of rotatable bonds is 5. The number of hydrogen-bond donors (Lipinski definition) is 1. The van der Waals surface area contributed by atoms with Crippen molar-refractivity contribution in [2.24, 2.45) is 0 Å². The van der Waals surface area contributed by atoms with Gasteiger partial charge in [0, 0.05) is 18.7 Å². The van der Waals surface area contributed by atoms with Crippen LogP contribution in [0.25, 0.3) is 0 Å². The molecule has 7 heteroatoms. The molecule has 2 aromatic rings. The summed E-state index contributed by atoms with van der Waals surface area (Å²) in [7, 11) is -3.70. The van der Waals surface area contributed by atoms with Crippen molar-refractivity contribution in [1.29, 1.82) is 0 Å². The summed E-state index contributed by atoms with van der Waals surface area (Å²) in [6.07, 6.45) is 2.32. The summed E-state index contributed by atoms with van der Waals surface area (Å²) in [6.45, 7) is 2.53. The average Bonchev–Trinajstić information content (AvgIpc) is 2.56. The molecule has 26 heavy (non-hydrogen) atoms. The first-order valence-electron chi connectivity index (χ1n) is 8.50. The largest absolute Gasteiger partial charge is 0.312 e. The first-order chi connectivity index (χ1) is 12.3. The van der Waals surface area contributed by atoms with Gasteiger partial charge in [0.25, 0.3) is 0 Å². The summed E-state index contributed by atoms with van der Waals surface area (Å²) in [5, 5.41) is 0. The van der Waals surface area contributed by atoms with E-state index in [4.69, 9.17) is 0 Å². The van der Waals surface area contributed by atoms with Gasteiger partial charge in [0.15, 0.2) is 0 Å². The summed E-state index contributed by atoms with van der Waals surface area (Å²) in [6, 6.07) is 10.6. The molecule has 0 aromatic heterocycles. The third-order valence-electron chi connectivity index (χ3n) is 4.34. The highest BCUT2D eigenvalue weighted by Gasteiger charge is 2.22. The van der Waals surface area contributed by atoms with E-state index in [1.807, 2.05) is 6.92 Å². The van der Waals surface area contributed by atoms with E-state index in [1.54, 1.807) is 29.2 Å². The second-order valence-electron chi connectivity index (χ2n) is 6.49. The molecule has 1 saturated heterocycles. The highest BCUT2D eigenvalue weighted by Crippen LogP contribution is 2.28. The Morgan fingerprint density at radius 1 is 1.15 bits per heavy atom. The first-order valence-corrected chi connectivity index (χ1v) is 10.2. The average molecular weight is 376 g/mol. The van der Waals surface area contributed by atoms with Crippen molar-refractivity contribution in [3.63, 3.8) is 0 Å². The van der Waals surface area contributed by atoms with Gasteiger partial charge in [0.2, 0.25) is 15.9 Å². The summed E-state index contributed by atoms with van der Waals surface area (Å²) in [5.41, 5.74) is 2.39. The molecule has 1 aliphatic heterocycles. The standard InChI is InChI=1S/C19H21FN2O3S/c1-14-8-9-17(12-18(14)22-10-3-2-7-19(22)23)21-26(24,25)13-15-5-4-6-16(20)11-15/h4-6,8-9,11-12,21H,2-3,7,10,13H2,1H3. The van der Waals surface area contributed by atoms with Gasteiger partial charge in [-0.2, -0.15) is 0 Å². The van der Waals surface area contributed by atoms with Gasteiger partial charge in [0.05, 0.1) is 11.4 Å². The zero-order valence-electron chi connectivity index (χ0n) is 14.5. The number of hydrogen-bond acceptors (Lipinski definition) is 3. The van der Waals surface area contributed by atoms with E-state index in [0.29, 0.717) is 24.2 Å². The van der Waals surface area contributed by atoms with Gasteiger partial charge in [-0.15, -0.1) is 0 Å². The van der Waals surface area contributed by atoms with E-state index in [0.717, 1.165) is 24.1 Å². The van der Waals surface area contributed by atoms with E-state index in [9.17, 15) is 17.6 Å².